The van der Waals surface area contributed by atoms with Crippen LogP contribution in [-0.2, 0) is 4.79 Å². The third kappa shape index (κ3) is 4.91. The van der Waals surface area contributed by atoms with Crippen molar-refractivity contribution < 1.29 is 9.59 Å². The zero-order valence-corrected chi connectivity index (χ0v) is 15.0. The second-order valence-corrected chi connectivity index (χ2v) is 6.78. The first kappa shape index (κ1) is 18.2. The minimum atomic E-state index is -0.594. The molecule has 2 unspecified atom stereocenters. The Hall–Kier alpha value is -2.18. The van der Waals surface area contributed by atoms with E-state index in [2.05, 4.69) is 21.6 Å². The van der Waals surface area contributed by atoms with Crippen molar-refractivity contribution in [1.82, 2.24) is 15.5 Å². The number of thiophene rings is 1. The number of nitrogens with one attached hydrogen (secondary N) is 2. The maximum Gasteiger partial charge on any atom is 0.251 e. The first-order valence-electron chi connectivity index (χ1n) is 7.82. The lowest BCUT2D eigenvalue weighted by Crippen LogP contribution is -2.46. The second-order valence-electron chi connectivity index (χ2n) is 5.80. The zero-order valence-electron chi connectivity index (χ0n) is 14.2. The van der Waals surface area contributed by atoms with Crippen molar-refractivity contribution in [1.29, 1.82) is 0 Å². The summed E-state index contributed by atoms with van der Waals surface area (Å²) in [6, 6.07) is 12.5. The van der Waals surface area contributed by atoms with Gasteiger partial charge in [0.1, 0.15) is 6.04 Å². The molecule has 0 aliphatic carbocycles. The molecular formula is C18H23N3O2S. The number of likely N-dealkylation sites (N-methyl/N-ethyl adjacent to an activating group) is 1. The van der Waals surface area contributed by atoms with Crippen LogP contribution < -0.4 is 10.6 Å². The monoisotopic (exact) mass is 345 g/mol. The number of rotatable bonds is 7. The summed E-state index contributed by atoms with van der Waals surface area (Å²) in [5.41, 5.74) is 0.543. The first-order valence-corrected chi connectivity index (χ1v) is 8.70. The van der Waals surface area contributed by atoms with E-state index in [4.69, 9.17) is 0 Å². The van der Waals surface area contributed by atoms with Gasteiger partial charge in [-0.05, 0) is 44.6 Å². The molecule has 0 radical (unpaired) electrons. The van der Waals surface area contributed by atoms with Gasteiger partial charge in [0, 0.05) is 17.0 Å². The molecule has 0 bridgehead atoms. The average molecular weight is 345 g/mol. The SMILES string of the molecule is CC(NC(=O)c1ccccc1)C(=O)NCC(c1cccs1)N(C)C. The summed E-state index contributed by atoms with van der Waals surface area (Å²) in [5, 5.41) is 7.67. The average Bonchev–Trinajstić information content (AvgIpc) is 3.09. The van der Waals surface area contributed by atoms with E-state index in [1.165, 1.54) is 4.88 Å². The van der Waals surface area contributed by atoms with E-state index in [1.54, 1.807) is 42.5 Å². The summed E-state index contributed by atoms with van der Waals surface area (Å²) in [6.45, 7) is 2.18. The molecule has 1 heterocycles. The fourth-order valence-corrected chi connectivity index (χ4v) is 3.23. The van der Waals surface area contributed by atoms with Crippen LogP contribution in [0.4, 0.5) is 0 Å². The molecule has 1 aromatic heterocycles. The molecule has 0 saturated carbocycles. The van der Waals surface area contributed by atoms with E-state index in [9.17, 15) is 9.59 Å². The highest BCUT2D eigenvalue weighted by molar-refractivity contribution is 7.10. The quantitative estimate of drug-likeness (QED) is 0.809. The summed E-state index contributed by atoms with van der Waals surface area (Å²) in [4.78, 5) is 27.6. The number of hydrogen-bond donors (Lipinski definition) is 2. The van der Waals surface area contributed by atoms with Crippen molar-refractivity contribution in [3.63, 3.8) is 0 Å². The van der Waals surface area contributed by atoms with Gasteiger partial charge in [-0.1, -0.05) is 24.3 Å². The molecule has 0 spiro atoms. The van der Waals surface area contributed by atoms with Crippen LogP contribution in [0.5, 0.6) is 0 Å². The van der Waals surface area contributed by atoms with Crippen molar-refractivity contribution in [2.75, 3.05) is 20.6 Å². The van der Waals surface area contributed by atoms with E-state index < -0.39 is 6.04 Å². The highest BCUT2D eigenvalue weighted by Gasteiger charge is 2.20. The molecule has 128 valence electrons. The molecule has 2 N–H and O–H groups in total. The Morgan fingerprint density at radius 1 is 1.12 bits per heavy atom. The zero-order chi connectivity index (χ0) is 17.5. The standard InChI is InChI=1S/C18H23N3O2S/c1-13(20-18(23)14-8-5-4-6-9-14)17(22)19-12-15(21(2)3)16-10-7-11-24-16/h4-11,13,15H,12H2,1-3H3,(H,19,22)(H,20,23). The van der Waals surface area contributed by atoms with Crippen LogP contribution in [0.3, 0.4) is 0 Å². The fourth-order valence-electron chi connectivity index (χ4n) is 2.30. The molecule has 0 saturated heterocycles. The fraction of sp³-hybridized carbons (Fsp3) is 0.333. The highest BCUT2D eigenvalue weighted by atomic mass is 32.1. The third-order valence-corrected chi connectivity index (χ3v) is 4.72. The van der Waals surface area contributed by atoms with E-state index >= 15 is 0 Å². The Morgan fingerprint density at radius 3 is 2.42 bits per heavy atom. The van der Waals surface area contributed by atoms with Crippen LogP contribution in [-0.4, -0.2) is 43.4 Å². The van der Waals surface area contributed by atoms with Crippen LogP contribution in [0, 0.1) is 0 Å². The Morgan fingerprint density at radius 2 is 1.83 bits per heavy atom. The predicted molar refractivity (Wildman–Crippen MR) is 97.1 cm³/mol. The Balaban J connectivity index is 1.88. The lowest BCUT2D eigenvalue weighted by Gasteiger charge is -2.24. The first-order chi connectivity index (χ1) is 11.5. The van der Waals surface area contributed by atoms with Gasteiger partial charge >= 0.3 is 0 Å². The Kier molecular flexibility index (Phi) is 6.52. The lowest BCUT2D eigenvalue weighted by molar-refractivity contribution is -0.122. The van der Waals surface area contributed by atoms with Gasteiger partial charge in [-0.2, -0.15) is 0 Å². The van der Waals surface area contributed by atoms with Gasteiger partial charge in [0.25, 0.3) is 5.91 Å². The summed E-state index contributed by atoms with van der Waals surface area (Å²) < 4.78 is 0. The van der Waals surface area contributed by atoms with Gasteiger partial charge in [-0.25, -0.2) is 0 Å². The topological polar surface area (TPSA) is 61.4 Å². The molecule has 2 atom stereocenters. The molecule has 5 nitrogen and oxygen atoms in total. The summed E-state index contributed by atoms with van der Waals surface area (Å²) in [5.74, 6) is -0.441. The maximum absolute atomic E-state index is 12.3. The highest BCUT2D eigenvalue weighted by Crippen LogP contribution is 2.22. The van der Waals surface area contributed by atoms with Crippen molar-refractivity contribution in [2.45, 2.75) is 19.0 Å². The van der Waals surface area contributed by atoms with Crippen LogP contribution >= 0.6 is 11.3 Å². The number of hydrogen-bond acceptors (Lipinski definition) is 4. The maximum atomic E-state index is 12.3. The summed E-state index contributed by atoms with van der Waals surface area (Å²) in [7, 11) is 3.97. The van der Waals surface area contributed by atoms with E-state index in [0.717, 1.165) is 0 Å². The van der Waals surface area contributed by atoms with Crippen molar-refractivity contribution in [2.24, 2.45) is 0 Å². The molecule has 0 fully saturated rings. The molecule has 24 heavy (non-hydrogen) atoms. The molecule has 6 heteroatoms. The van der Waals surface area contributed by atoms with Gasteiger partial charge in [0.05, 0.1) is 6.04 Å². The molecule has 2 aromatic rings. The Labute approximate surface area is 146 Å². The number of nitrogens with zero attached hydrogens (tertiary/aromatic N) is 1. The van der Waals surface area contributed by atoms with Crippen LogP contribution in [0.15, 0.2) is 47.8 Å². The van der Waals surface area contributed by atoms with Crippen LogP contribution in [0.2, 0.25) is 0 Å². The lowest BCUT2D eigenvalue weighted by atomic mass is 10.2. The van der Waals surface area contributed by atoms with E-state index in [-0.39, 0.29) is 17.9 Å². The van der Waals surface area contributed by atoms with E-state index in [1.807, 2.05) is 31.6 Å². The van der Waals surface area contributed by atoms with Crippen molar-refractivity contribution in [3.8, 4) is 0 Å². The van der Waals surface area contributed by atoms with Crippen LogP contribution in [0.25, 0.3) is 0 Å². The van der Waals surface area contributed by atoms with Gasteiger partial charge < -0.3 is 15.5 Å². The molecule has 0 aliphatic heterocycles. The van der Waals surface area contributed by atoms with Crippen molar-refractivity contribution in [3.05, 3.63) is 58.3 Å². The molecule has 1 aromatic carbocycles. The normalized spacial score (nSPS) is 13.3. The van der Waals surface area contributed by atoms with Crippen molar-refractivity contribution >= 4 is 23.2 Å². The van der Waals surface area contributed by atoms with Gasteiger partial charge in [-0.15, -0.1) is 11.3 Å². The summed E-state index contributed by atoms with van der Waals surface area (Å²) >= 11 is 1.66. The third-order valence-electron chi connectivity index (χ3n) is 3.74. The van der Waals surface area contributed by atoms with Gasteiger partial charge in [-0.3, -0.25) is 9.59 Å². The smallest absolute Gasteiger partial charge is 0.251 e. The Bertz CT molecular complexity index is 656. The van der Waals surface area contributed by atoms with Gasteiger partial charge in [0.15, 0.2) is 0 Å². The number of carbonyl (C=O) groups is 2. The minimum Gasteiger partial charge on any atom is -0.352 e. The second kappa shape index (κ2) is 8.61. The number of benzene rings is 1. The van der Waals surface area contributed by atoms with Crippen LogP contribution in [0.1, 0.15) is 28.2 Å². The molecular weight excluding hydrogens is 322 g/mol. The molecule has 2 amide bonds. The molecule has 2 rings (SSSR count). The number of carbonyl (C=O) groups excluding carboxylic acids is 2. The largest absolute Gasteiger partial charge is 0.352 e. The van der Waals surface area contributed by atoms with E-state index in [0.29, 0.717) is 12.1 Å². The number of amides is 2. The molecule has 0 aliphatic rings. The van der Waals surface area contributed by atoms with Gasteiger partial charge in [0.2, 0.25) is 5.91 Å². The minimum absolute atomic E-state index is 0.117. The predicted octanol–water partition coefficient (Wildman–Crippen LogP) is 2.29. The summed E-state index contributed by atoms with van der Waals surface area (Å²) in [6.07, 6.45) is 0.